The Morgan fingerprint density at radius 1 is 1.00 bits per heavy atom. The Labute approximate surface area is 193 Å². The molecule has 0 radical (unpaired) electrons. The van der Waals surface area contributed by atoms with Crippen molar-refractivity contribution >= 4 is 27.5 Å². The molecule has 0 saturated carbocycles. The van der Waals surface area contributed by atoms with Crippen molar-refractivity contribution in [2.24, 2.45) is 0 Å². The highest BCUT2D eigenvalue weighted by molar-refractivity contribution is 7.89. The molecule has 0 aliphatic rings. The quantitative estimate of drug-likeness (QED) is 0.507. The summed E-state index contributed by atoms with van der Waals surface area (Å²) in [5, 5.41) is 3.34. The molecule has 0 aromatic heterocycles. The first-order valence-electron chi connectivity index (χ1n) is 9.99. The van der Waals surface area contributed by atoms with Crippen molar-refractivity contribution < 1.29 is 17.9 Å². The third-order valence-corrected chi connectivity index (χ3v) is 6.98. The number of nitrogens with one attached hydrogen (secondary N) is 1. The van der Waals surface area contributed by atoms with Crippen LogP contribution in [0.3, 0.4) is 0 Å². The fourth-order valence-electron chi connectivity index (χ4n) is 3.14. The Bertz CT molecular complexity index is 1160. The van der Waals surface area contributed by atoms with Crippen LogP contribution >= 0.6 is 11.6 Å². The summed E-state index contributed by atoms with van der Waals surface area (Å²) in [5.74, 6) is 0.235. The SMILES string of the molecule is COc1ccccc1CNC(=O)CN(Cc1ccc(Cl)cc1)S(=O)(=O)c1ccc(C)cc1. The molecule has 0 heterocycles. The topological polar surface area (TPSA) is 75.7 Å². The number of ether oxygens (including phenoxy) is 1. The Morgan fingerprint density at radius 3 is 2.31 bits per heavy atom. The van der Waals surface area contributed by atoms with E-state index in [1.165, 1.54) is 4.31 Å². The lowest BCUT2D eigenvalue weighted by Crippen LogP contribution is -2.40. The maximum absolute atomic E-state index is 13.3. The molecule has 32 heavy (non-hydrogen) atoms. The van der Waals surface area contributed by atoms with E-state index in [1.807, 2.05) is 25.1 Å². The lowest BCUT2D eigenvalue weighted by atomic mass is 10.2. The van der Waals surface area contributed by atoms with Crippen molar-refractivity contribution in [3.63, 3.8) is 0 Å². The van der Waals surface area contributed by atoms with E-state index in [9.17, 15) is 13.2 Å². The van der Waals surface area contributed by atoms with Crippen LogP contribution in [0.1, 0.15) is 16.7 Å². The van der Waals surface area contributed by atoms with Crippen molar-refractivity contribution in [2.75, 3.05) is 13.7 Å². The molecule has 8 heteroatoms. The molecule has 3 rings (SSSR count). The highest BCUT2D eigenvalue weighted by atomic mass is 35.5. The first kappa shape index (κ1) is 23.8. The van der Waals surface area contributed by atoms with Crippen molar-refractivity contribution in [1.82, 2.24) is 9.62 Å². The zero-order chi connectivity index (χ0) is 23.1. The smallest absolute Gasteiger partial charge is 0.243 e. The van der Waals surface area contributed by atoms with E-state index >= 15 is 0 Å². The number of carbonyl (C=O) groups excluding carboxylic acids is 1. The predicted molar refractivity (Wildman–Crippen MR) is 125 cm³/mol. The lowest BCUT2D eigenvalue weighted by molar-refractivity contribution is -0.121. The van der Waals surface area contributed by atoms with Gasteiger partial charge in [-0.15, -0.1) is 0 Å². The highest BCUT2D eigenvalue weighted by Gasteiger charge is 2.27. The van der Waals surface area contributed by atoms with Crippen LogP contribution < -0.4 is 10.1 Å². The zero-order valence-electron chi connectivity index (χ0n) is 17.9. The van der Waals surface area contributed by atoms with Gasteiger partial charge in [0.15, 0.2) is 0 Å². The molecule has 0 aliphatic heterocycles. The second kappa shape index (κ2) is 10.6. The van der Waals surface area contributed by atoms with Gasteiger partial charge in [-0.25, -0.2) is 8.42 Å². The molecule has 0 saturated heterocycles. The van der Waals surface area contributed by atoms with Crippen LogP contribution in [0.2, 0.25) is 5.02 Å². The zero-order valence-corrected chi connectivity index (χ0v) is 19.5. The fourth-order valence-corrected chi connectivity index (χ4v) is 4.65. The van der Waals surface area contributed by atoms with Crippen LogP contribution in [-0.4, -0.2) is 32.3 Å². The number of para-hydroxylation sites is 1. The molecule has 3 aromatic rings. The summed E-state index contributed by atoms with van der Waals surface area (Å²) >= 11 is 5.95. The molecule has 0 bridgehead atoms. The van der Waals surface area contributed by atoms with Crippen LogP contribution in [-0.2, 0) is 27.9 Å². The van der Waals surface area contributed by atoms with Crippen molar-refractivity contribution in [3.05, 3.63) is 94.5 Å². The number of nitrogens with zero attached hydrogens (tertiary/aromatic N) is 1. The molecule has 0 atom stereocenters. The van der Waals surface area contributed by atoms with Gasteiger partial charge in [0.25, 0.3) is 0 Å². The largest absolute Gasteiger partial charge is 0.496 e. The standard InChI is InChI=1S/C24H25ClN2O4S/c1-18-7-13-22(14-8-18)32(29,30)27(16-19-9-11-21(25)12-10-19)17-24(28)26-15-20-5-3-4-6-23(20)31-2/h3-14H,15-17H2,1-2H3,(H,26,28). The minimum absolute atomic E-state index is 0.0372. The van der Waals surface area contributed by atoms with Crippen LogP contribution in [0.4, 0.5) is 0 Å². The molecule has 3 aromatic carbocycles. The average molecular weight is 473 g/mol. The number of sulfonamides is 1. The van der Waals surface area contributed by atoms with E-state index in [-0.39, 0.29) is 24.5 Å². The summed E-state index contributed by atoms with van der Waals surface area (Å²) in [6, 6.07) is 20.8. The molecular weight excluding hydrogens is 448 g/mol. The van der Waals surface area contributed by atoms with Gasteiger partial charge in [0, 0.05) is 23.7 Å². The Balaban J connectivity index is 1.80. The van der Waals surface area contributed by atoms with E-state index in [2.05, 4.69) is 5.32 Å². The monoisotopic (exact) mass is 472 g/mol. The van der Waals surface area contributed by atoms with Crippen LogP contribution in [0.15, 0.2) is 77.7 Å². The van der Waals surface area contributed by atoms with Gasteiger partial charge in [-0.1, -0.05) is 59.6 Å². The number of hydrogen-bond donors (Lipinski definition) is 1. The summed E-state index contributed by atoms with van der Waals surface area (Å²) in [6.07, 6.45) is 0. The number of methoxy groups -OCH3 is 1. The number of carbonyl (C=O) groups is 1. The minimum atomic E-state index is -3.90. The fraction of sp³-hybridized carbons (Fsp3) is 0.208. The van der Waals surface area contributed by atoms with Crippen molar-refractivity contribution in [3.8, 4) is 5.75 Å². The molecule has 0 spiro atoms. The van der Waals surface area contributed by atoms with Gasteiger partial charge in [0.2, 0.25) is 15.9 Å². The molecule has 1 amide bonds. The van der Waals surface area contributed by atoms with E-state index < -0.39 is 15.9 Å². The van der Waals surface area contributed by atoms with Gasteiger partial charge in [0.1, 0.15) is 5.75 Å². The van der Waals surface area contributed by atoms with E-state index in [0.717, 1.165) is 16.7 Å². The number of amides is 1. The van der Waals surface area contributed by atoms with Gasteiger partial charge >= 0.3 is 0 Å². The number of aryl methyl sites for hydroxylation is 1. The average Bonchev–Trinajstić information content (AvgIpc) is 2.79. The maximum atomic E-state index is 13.3. The molecular formula is C24H25ClN2O4S. The molecule has 168 valence electrons. The van der Waals surface area contributed by atoms with Gasteiger partial charge in [-0.05, 0) is 42.8 Å². The van der Waals surface area contributed by atoms with Gasteiger partial charge in [0.05, 0.1) is 18.6 Å². The molecule has 0 unspecified atom stereocenters. The van der Waals surface area contributed by atoms with E-state index in [0.29, 0.717) is 10.8 Å². The third kappa shape index (κ3) is 6.09. The van der Waals surface area contributed by atoms with Gasteiger partial charge < -0.3 is 10.1 Å². The lowest BCUT2D eigenvalue weighted by Gasteiger charge is -2.22. The molecule has 0 fully saturated rings. The molecule has 0 aliphatic carbocycles. The summed E-state index contributed by atoms with van der Waals surface area (Å²) in [5.41, 5.74) is 2.47. The molecule has 6 nitrogen and oxygen atoms in total. The number of benzene rings is 3. The van der Waals surface area contributed by atoms with Crippen LogP contribution in [0.5, 0.6) is 5.75 Å². The summed E-state index contributed by atoms with van der Waals surface area (Å²) in [7, 11) is -2.34. The van der Waals surface area contributed by atoms with E-state index in [1.54, 1.807) is 61.7 Å². The normalized spacial score (nSPS) is 11.4. The van der Waals surface area contributed by atoms with E-state index in [4.69, 9.17) is 16.3 Å². The third-order valence-electron chi connectivity index (χ3n) is 4.92. The minimum Gasteiger partial charge on any atom is -0.496 e. The highest BCUT2D eigenvalue weighted by Crippen LogP contribution is 2.20. The number of hydrogen-bond acceptors (Lipinski definition) is 4. The summed E-state index contributed by atoms with van der Waals surface area (Å²) < 4.78 is 33.1. The first-order valence-corrected chi connectivity index (χ1v) is 11.8. The van der Waals surface area contributed by atoms with Crippen LogP contribution in [0, 0.1) is 6.92 Å². The van der Waals surface area contributed by atoms with Gasteiger partial charge in [-0.3, -0.25) is 4.79 Å². The van der Waals surface area contributed by atoms with Crippen molar-refractivity contribution in [2.45, 2.75) is 24.9 Å². The number of halogens is 1. The van der Waals surface area contributed by atoms with Crippen LogP contribution in [0.25, 0.3) is 0 Å². The van der Waals surface area contributed by atoms with Crippen molar-refractivity contribution in [1.29, 1.82) is 0 Å². The summed E-state index contributed by atoms with van der Waals surface area (Å²) in [6.45, 7) is 1.82. The maximum Gasteiger partial charge on any atom is 0.243 e. The Kier molecular flexibility index (Phi) is 7.90. The second-order valence-electron chi connectivity index (χ2n) is 7.30. The summed E-state index contributed by atoms with van der Waals surface area (Å²) in [4.78, 5) is 12.9. The van der Waals surface area contributed by atoms with Gasteiger partial charge in [-0.2, -0.15) is 4.31 Å². The molecule has 1 N–H and O–H groups in total. The second-order valence-corrected chi connectivity index (χ2v) is 9.68. The first-order chi connectivity index (χ1) is 15.3. The predicted octanol–water partition coefficient (Wildman–Crippen LogP) is 4.16. The Hall–Kier alpha value is -2.87. The number of rotatable bonds is 9. The Morgan fingerprint density at radius 2 is 1.66 bits per heavy atom.